The number of rotatable bonds is 9. The average Bonchev–Trinajstić information content (AvgIpc) is 2.58. The van der Waals surface area contributed by atoms with Gasteiger partial charge in [0, 0.05) is 45.9 Å². The summed E-state index contributed by atoms with van der Waals surface area (Å²) in [4.78, 5) is 7.90. The maximum Gasteiger partial charge on any atom is 0.0518 e. The fourth-order valence-electron chi connectivity index (χ4n) is 3.80. The summed E-state index contributed by atoms with van der Waals surface area (Å²) >= 11 is 0. The first-order valence-corrected chi connectivity index (χ1v) is 9.96. The number of likely N-dealkylation sites (tertiary alicyclic amines) is 1. The molecule has 0 atom stereocenters. The summed E-state index contributed by atoms with van der Waals surface area (Å²) in [6, 6.07) is 0. The zero-order valence-corrected chi connectivity index (χ0v) is 15.8. The molecule has 0 aromatic carbocycles. The molecule has 2 rings (SSSR count). The van der Waals surface area contributed by atoms with Gasteiger partial charge in [-0.15, -0.1) is 0 Å². The van der Waals surface area contributed by atoms with Crippen LogP contribution in [-0.2, 0) is 4.74 Å². The first kappa shape index (κ1) is 19.2. The lowest BCUT2D eigenvalue weighted by Gasteiger charge is -2.37. The molecule has 2 aliphatic heterocycles. The van der Waals surface area contributed by atoms with E-state index >= 15 is 0 Å². The molecule has 2 heterocycles. The second-order valence-electron chi connectivity index (χ2n) is 7.62. The van der Waals surface area contributed by atoms with Gasteiger partial charge in [-0.3, -0.25) is 4.90 Å². The van der Waals surface area contributed by atoms with Crippen molar-refractivity contribution in [3.05, 3.63) is 0 Å². The number of hydrogen-bond acceptors (Lipinski definition) is 4. The van der Waals surface area contributed by atoms with Crippen LogP contribution in [0.1, 0.15) is 46.5 Å². The number of piperazine rings is 1. The standard InChI is InChI=1S/C19H39N3O/c1-4-20-11-13-22(14-12-20)16-15-21-9-7-19(8-10-21)6-5-17-23-18(2)3/h18-19H,4-17H2,1-3H3. The van der Waals surface area contributed by atoms with Crippen LogP contribution >= 0.6 is 0 Å². The molecule has 0 bridgehead atoms. The van der Waals surface area contributed by atoms with Gasteiger partial charge in [0.05, 0.1) is 6.10 Å². The van der Waals surface area contributed by atoms with Crippen LogP contribution in [0.2, 0.25) is 0 Å². The Bertz CT molecular complexity index is 295. The lowest BCUT2D eigenvalue weighted by molar-refractivity contribution is 0.0694. The van der Waals surface area contributed by atoms with Crippen molar-refractivity contribution in [1.82, 2.24) is 14.7 Å². The molecule has 0 amide bonds. The highest BCUT2D eigenvalue weighted by atomic mass is 16.5. The van der Waals surface area contributed by atoms with E-state index in [9.17, 15) is 0 Å². The van der Waals surface area contributed by atoms with E-state index in [1.54, 1.807) is 0 Å². The molecule has 0 radical (unpaired) electrons. The lowest BCUT2D eigenvalue weighted by Crippen LogP contribution is -2.48. The lowest BCUT2D eigenvalue weighted by atomic mass is 9.92. The third kappa shape index (κ3) is 7.51. The average molecular weight is 326 g/mol. The SMILES string of the molecule is CCN1CCN(CCN2CCC(CCCOC(C)C)CC2)CC1. The molecule has 0 saturated carbocycles. The van der Waals surface area contributed by atoms with Crippen LogP contribution in [0.4, 0.5) is 0 Å². The highest BCUT2D eigenvalue weighted by molar-refractivity contribution is 4.76. The van der Waals surface area contributed by atoms with Crippen molar-refractivity contribution >= 4 is 0 Å². The van der Waals surface area contributed by atoms with E-state index in [0.29, 0.717) is 6.10 Å². The first-order chi connectivity index (χ1) is 11.2. The van der Waals surface area contributed by atoms with Gasteiger partial charge in [-0.2, -0.15) is 0 Å². The molecule has 4 heteroatoms. The van der Waals surface area contributed by atoms with Gasteiger partial charge in [0.25, 0.3) is 0 Å². The van der Waals surface area contributed by atoms with E-state index in [1.807, 2.05) is 0 Å². The van der Waals surface area contributed by atoms with Crippen molar-refractivity contribution in [1.29, 1.82) is 0 Å². The third-order valence-corrected chi connectivity index (χ3v) is 5.56. The highest BCUT2D eigenvalue weighted by Gasteiger charge is 2.20. The monoisotopic (exact) mass is 325 g/mol. The van der Waals surface area contributed by atoms with Crippen LogP contribution in [0.15, 0.2) is 0 Å². The molecule has 136 valence electrons. The molecule has 2 saturated heterocycles. The van der Waals surface area contributed by atoms with Gasteiger partial charge in [0.15, 0.2) is 0 Å². The number of ether oxygens (including phenoxy) is 1. The summed E-state index contributed by atoms with van der Waals surface area (Å²) in [6.07, 6.45) is 5.77. The molecule has 2 fully saturated rings. The molecule has 0 aromatic rings. The summed E-state index contributed by atoms with van der Waals surface area (Å²) in [7, 11) is 0. The van der Waals surface area contributed by atoms with Crippen molar-refractivity contribution in [3.8, 4) is 0 Å². The van der Waals surface area contributed by atoms with Crippen molar-refractivity contribution in [3.63, 3.8) is 0 Å². The molecule has 0 N–H and O–H groups in total. The van der Waals surface area contributed by atoms with Gasteiger partial charge in [-0.05, 0) is 65.1 Å². The molecule has 0 spiro atoms. The fourth-order valence-corrected chi connectivity index (χ4v) is 3.80. The summed E-state index contributed by atoms with van der Waals surface area (Å²) in [5.74, 6) is 0.940. The van der Waals surface area contributed by atoms with E-state index in [-0.39, 0.29) is 0 Å². The normalized spacial score (nSPS) is 23.0. The van der Waals surface area contributed by atoms with Crippen LogP contribution in [0.5, 0.6) is 0 Å². The van der Waals surface area contributed by atoms with E-state index in [4.69, 9.17) is 4.74 Å². The minimum Gasteiger partial charge on any atom is -0.379 e. The molecule has 23 heavy (non-hydrogen) atoms. The molecule has 0 aliphatic carbocycles. The van der Waals surface area contributed by atoms with Gasteiger partial charge in [-0.1, -0.05) is 6.92 Å². The Kier molecular flexibility index (Phi) is 8.88. The summed E-state index contributed by atoms with van der Waals surface area (Å²) in [5.41, 5.74) is 0. The Morgan fingerprint density at radius 2 is 1.43 bits per heavy atom. The maximum atomic E-state index is 5.66. The van der Waals surface area contributed by atoms with Crippen molar-refractivity contribution in [2.45, 2.75) is 52.6 Å². The smallest absolute Gasteiger partial charge is 0.0518 e. The van der Waals surface area contributed by atoms with Crippen LogP contribution in [0.25, 0.3) is 0 Å². The number of hydrogen-bond donors (Lipinski definition) is 0. The summed E-state index contributed by atoms with van der Waals surface area (Å²) in [5, 5.41) is 0. The molecule has 0 aromatic heterocycles. The van der Waals surface area contributed by atoms with Crippen molar-refractivity contribution in [2.24, 2.45) is 5.92 Å². The Labute approximate surface area is 144 Å². The topological polar surface area (TPSA) is 19.0 Å². The maximum absolute atomic E-state index is 5.66. The van der Waals surface area contributed by atoms with Crippen molar-refractivity contribution in [2.75, 3.05) is 65.5 Å². The predicted octanol–water partition coefficient (Wildman–Crippen LogP) is 2.54. The molecule has 0 unspecified atom stereocenters. The molecular formula is C19H39N3O. The largest absolute Gasteiger partial charge is 0.379 e. The zero-order chi connectivity index (χ0) is 16.5. The summed E-state index contributed by atoms with van der Waals surface area (Å²) in [6.45, 7) is 18.9. The van der Waals surface area contributed by atoms with Gasteiger partial charge in [0.1, 0.15) is 0 Å². The predicted molar refractivity (Wildman–Crippen MR) is 98.0 cm³/mol. The highest BCUT2D eigenvalue weighted by Crippen LogP contribution is 2.21. The van der Waals surface area contributed by atoms with Crippen LogP contribution in [0, 0.1) is 5.92 Å². The fraction of sp³-hybridized carbons (Fsp3) is 1.00. The van der Waals surface area contributed by atoms with Gasteiger partial charge in [0.2, 0.25) is 0 Å². The van der Waals surface area contributed by atoms with Gasteiger partial charge >= 0.3 is 0 Å². The van der Waals surface area contributed by atoms with Gasteiger partial charge in [-0.25, -0.2) is 0 Å². The van der Waals surface area contributed by atoms with E-state index in [0.717, 1.165) is 12.5 Å². The number of likely N-dealkylation sites (N-methyl/N-ethyl adjacent to an activating group) is 1. The molecule has 2 aliphatic rings. The summed E-state index contributed by atoms with van der Waals surface area (Å²) < 4.78 is 5.66. The quantitative estimate of drug-likeness (QED) is 0.606. The van der Waals surface area contributed by atoms with E-state index in [2.05, 4.69) is 35.5 Å². The minimum absolute atomic E-state index is 0.385. The third-order valence-electron chi connectivity index (χ3n) is 5.56. The second-order valence-corrected chi connectivity index (χ2v) is 7.62. The Hall–Kier alpha value is -0.160. The molecular weight excluding hydrogens is 286 g/mol. The number of nitrogens with zero attached hydrogens (tertiary/aromatic N) is 3. The Balaban J connectivity index is 1.50. The van der Waals surface area contributed by atoms with Crippen molar-refractivity contribution < 1.29 is 4.74 Å². The number of piperidine rings is 1. The zero-order valence-electron chi connectivity index (χ0n) is 15.8. The van der Waals surface area contributed by atoms with Gasteiger partial charge < -0.3 is 14.5 Å². The first-order valence-electron chi connectivity index (χ1n) is 9.96. The van der Waals surface area contributed by atoms with E-state index in [1.165, 1.54) is 84.6 Å². The minimum atomic E-state index is 0.385. The van der Waals surface area contributed by atoms with Crippen LogP contribution < -0.4 is 0 Å². The second kappa shape index (κ2) is 10.7. The van der Waals surface area contributed by atoms with Crippen LogP contribution in [-0.4, -0.2) is 86.3 Å². The van der Waals surface area contributed by atoms with Crippen LogP contribution in [0.3, 0.4) is 0 Å². The Morgan fingerprint density at radius 3 is 2.00 bits per heavy atom. The Morgan fingerprint density at radius 1 is 0.870 bits per heavy atom. The molecule has 4 nitrogen and oxygen atoms in total. The van der Waals surface area contributed by atoms with E-state index < -0.39 is 0 Å².